The van der Waals surface area contributed by atoms with Crippen molar-refractivity contribution in [2.45, 2.75) is 6.42 Å². The van der Waals surface area contributed by atoms with Crippen LogP contribution in [0.15, 0.2) is 48.5 Å². The fraction of sp³-hybridized carbons (Fsp3) is 0.0714. The molecule has 0 aliphatic carbocycles. The van der Waals surface area contributed by atoms with E-state index >= 15 is 0 Å². The van der Waals surface area contributed by atoms with Gasteiger partial charge in [-0.15, -0.1) is 10.2 Å². The van der Waals surface area contributed by atoms with Crippen LogP contribution in [0.5, 0.6) is 5.75 Å². The van der Waals surface area contributed by atoms with Crippen LogP contribution in [0, 0.1) is 0 Å². The predicted octanol–water partition coefficient (Wildman–Crippen LogP) is 2.16. The summed E-state index contributed by atoms with van der Waals surface area (Å²) in [6, 6.07) is 15.2. The Balaban J connectivity index is 1.94. The second kappa shape index (κ2) is 4.89. The first-order chi connectivity index (χ1) is 9.33. The van der Waals surface area contributed by atoms with Crippen LogP contribution in [0.1, 0.15) is 11.4 Å². The van der Waals surface area contributed by atoms with E-state index in [4.69, 9.17) is 0 Å². The number of phenols is 1. The minimum absolute atomic E-state index is 0.277. The van der Waals surface area contributed by atoms with Crippen molar-refractivity contribution in [2.75, 3.05) is 0 Å². The third kappa shape index (κ3) is 2.44. The van der Waals surface area contributed by atoms with Crippen molar-refractivity contribution in [3.63, 3.8) is 0 Å². The quantitative estimate of drug-likeness (QED) is 0.749. The van der Waals surface area contributed by atoms with Gasteiger partial charge in [-0.1, -0.05) is 47.7 Å². The zero-order valence-electron chi connectivity index (χ0n) is 10.1. The Labute approximate surface area is 109 Å². The number of phenolic OH excluding ortho intramolecular Hbond substituents is 1. The van der Waals surface area contributed by atoms with E-state index in [1.54, 1.807) is 6.07 Å². The highest BCUT2D eigenvalue weighted by Gasteiger charge is 2.05. The van der Waals surface area contributed by atoms with Gasteiger partial charge in [0, 0.05) is 12.0 Å². The van der Waals surface area contributed by atoms with Gasteiger partial charge in [0.1, 0.15) is 5.75 Å². The molecule has 3 rings (SSSR count). The fourth-order valence-corrected chi connectivity index (χ4v) is 2.01. The number of nitrogens with zero attached hydrogens (tertiary/aromatic N) is 3. The standard InChI is InChI=1S/C14H12N4O/c19-13-7-2-1-6-12(13)11-5-3-4-10(8-11)9-14-15-17-18-16-14/h1-8,19H,9H2,(H,15,16,17,18). The van der Waals surface area contributed by atoms with Gasteiger partial charge in [0.15, 0.2) is 5.82 Å². The van der Waals surface area contributed by atoms with Crippen molar-refractivity contribution in [3.8, 4) is 16.9 Å². The highest BCUT2D eigenvalue weighted by atomic mass is 16.3. The highest BCUT2D eigenvalue weighted by molar-refractivity contribution is 5.70. The number of H-pyrrole nitrogens is 1. The topological polar surface area (TPSA) is 74.7 Å². The van der Waals surface area contributed by atoms with Crippen molar-refractivity contribution in [2.24, 2.45) is 0 Å². The lowest BCUT2D eigenvalue weighted by atomic mass is 10.0. The number of rotatable bonds is 3. The smallest absolute Gasteiger partial charge is 0.178 e. The molecule has 94 valence electrons. The molecule has 2 aromatic carbocycles. The number of aromatic hydroxyl groups is 1. The monoisotopic (exact) mass is 252 g/mol. The number of hydrogen-bond donors (Lipinski definition) is 2. The molecule has 19 heavy (non-hydrogen) atoms. The summed E-state index contributed by atoms with van der Waals surface area (Å²) in [4.78, 5) is 0. The van der Waals surface area contributed by atoms with Crippen molar-refractivity contribution in [1.29, 1.82) is 0 Å². The van der Waals surface area contributed by atoms with Gasteiger partial charge in [-0.3, -0.25) is 0 Å². The van der Waals surface area contributed by atoms with Crippen LogP contribution in [-0.2, 0) is 6.42 Å². The molecule has 1 aromatic heterocycles. The molecule has 0 radical (unpaired) electrons. The Hall–Kier alpha value is -2.69. The van der Waals surface area contributed by atoms with Gasteiger partial charge >= 0.3 is 0 Å². The molecule has 0 bridgehead atoms. The largest absolute Gasteiger partial charge is 0.507 e. The zero-order valence-corrected chi connectivity index (χ0v) is 10.1. The van der Waals surface area contributed by atoms with Crippen LogP contribution in [-0.4, -0.2) is 25.7 Å². The molecule has 0 amide bonds. The summed E-state index contributed by atoms with van der Waals surface area (Å²) in [6.45, 7) is 0. The molecular weight excluding hydrogens is 240 g/mol. The normalized spacial score (nSPS) is 10.5. The maximum absolute atomic E-state index is 9.87. The van der Waals surface area contributed by atoms with Crippen LogP contribution in [0.4, 0.5) is 0 Å². The number of nitrogens with one attached hydrogen (secondary N) is 1. The van der Waals surface area contributed by atoms with E-state index in [0.717, 1.165) is 16.7 Å². The third-order valence-electron chi connectivity index (χ3n) is 2.89. The van der Waals surface area contributed by atoms with E-state index in [-0.39, 0.29) is 5.75 Å². The van der Waals surface area contributed by atoms with Crippen molar-refractivity contribution < 1.29 is 5.11 Å². The summed E-state index contributed by atoms with van der Waals surface area (Å²) < 4.78 is 0. The molecule has 0 spiro atoms. The summed E-state index contributed by atoms with van der Waals surface area (Å²) >= 11 is 0. The van der Waals surface area contributed by atoms with Gasteiger partial charge < -0.3 is 5.11 Å². The van der Waals surface area contributed by atoms with Crippen LogP contribution in [0.2, 0.25) is 0 Å². The first-order valence-corrected chi connectivity index (χ1v) is 5.92. The number of para-hydroxylation sites is 1. The molecule has 1 heterocycles. The molecule has 0 fully saturated rings. The minimum atomic E-state index is 0.277. The SMILES string of the molecule is Oc1ccccc1-c1cccc(Cc2nn[nH]n2)c1. The van der Waals surface area contributed by atoms with Crippen molar-refractivity contribution in [3.05, 3.63) is 59.9 Å². The average molecular weight is 252 g/mol. The maximum atomic E-state index is 9.87. The van der Waals surface area contributed by atoms with Crippen LogP contribution in [0.3, 0.4) is 0 Å². The second-order valence-corrected chi connectivity index (χ2v) is 4.22. The van der Waals surface area contributed by atoms with Crippen molar-refractivity contribution >= 4 is 0 Å². The van der Waals surface area contributed by atoms with Crippen LogP contribution in [0.25, 0.3) is 11.1 Å². The van der Waals surface area contributed by atoms with E-state index < -0.39 is 0 Å². The Morgan fingerprint density at radius 3 is 2.74 bits per heavy atom. The number of benzene rings is 2. The number of hydrogen-bond acceptors (Lipinski definition) is 4. The summed E-state index contributed by atoms with van der Waals surface area (Å²) in [5.41, 5.74) is 2.86. The molecule has 3 aromatic rings. The second-order valence-electron chi connectivity index (χ2n) is 4.22. The lowest BCUT2D eigenvalue weighted by Crippen LogP contribution is -1.91. The Morgan fingerprint density at radius 2 is 1.95 bits per heavy atom. The van der Waals surface area contributed by atoms with Crippen LogP contribution >= 0.6 is 0 Å². The molecule has 0 saturated heterocycles. The number of aromatic nitrogens is 4. The molecule has 0 unspecified atom stereocenters. The minimum Gasteiger partial charge on any atom is -0.507 e. The van der Waals surface area contributed by atoms with Crippen molar-refractivity contribution in [1.82, 2.24) is 20.6 Å². The molecule has 0 atom stereocenters. The summed E-state index contributed by atoms with van der Waals surface area (Å²) in [5, 5.41) is 23.7. The van der Waals surface area contributed by atoms with Gasteiger partial charge in [-0.25, -0.2) is 0 Å². The first kappa shape index (κ1) is 11.4. The molecule has 5 heteroatoms. The summed E-state index contributed by atoms with van der Waals surface area (Å²) in [6.07, 6.45) is 0.609. The molecular formula is C14H12N4O. The first-order valence-electron chi connectivity index (χ1n) is 5.92. The zero-order chi connectivity index (χ0) is 13.1. The predicted molar refractivity (Wildman–Crippen MR) is 70.5 cm³/mol. The van der Waals surface area contributed by atoms with E-state index in [1.807, 2.05) is 42.5 Å². The molecule has 5 nitrogen and oxygen atoms in total. The third-order valence-corrected chi connectivity index (χ3v) is 2.89. The Kier molecular flexibility index (Phi) is 2.94. The Bertz CT molecular complexity index is 679. The molecule has 0 aliphatic rings. The molecule has 0 aliphatic heterocycles. The van der Waals surface area contributed by atoms with Crippen LogP contribution < -0.4 is 0 Å². The average Bonchev–Trinajstić information content (AvgIpc) is 2.92. The van der Waals surface area contributed by atoms with E-state index in [9.17, 15) is 5.11 Å². The van der Waals surface area contributed by atoms with E-state index in [2.05, 4.69) is 20.6 Å². The van der Waals surface area contributed by atoms with Gasteiger partial charge in [-0.05, 0) is 17.2 Å². The lowest BCUT2D eigenvalue weighted by Gasteiger charge is -2.06. The molecule has 2 N–H and O–H groups in total. The Morgan fingerprint density at radius 1 is 1.05 bits per heavy atom. The van der Waals surface area contributed by atoms with E-state index in [1.165, 1.54) is 0 Å². The van der Waals surface area contributed by atoms with Gasteiger partial charge in [0.05, 0.1) is 0 Å². The fourth-order valence-electron chi connectivity index (χ4n) is 2.01. The maximum Gasteiger partial charge on any atom is 0.178 e. The van der Waals surface area contributed by atoms with E-state index in [0.29, 0.717) is 12.2 Å². The highest BCUT2D eigenvalue weighted by Crippen LogP contribution is 2.29. The molecule has 0 saturated carbocycles. The number of aromatic amines is 1. The van der Waals surface area contributed by atoms with Gasteiger partial charge in [0.25, 0.3) is 0 Å². The summed E-state index contributed by atoms with van der Waals surface area (Å²) in [5.74, 6) is 0.925. The van der Waals surface area contributed by atoms with Gasteiger partial charge in [0.2, 0.25) is 0 Å². The summed E-state index contributed by atoms with van der Waals surface area (Å²) in [7, 11) is 0. The number of tetrazole rings is 1. The van der Waals surface area contributed by atoms with Gasteiger partial charge in [-0.2, -0.15) is 5.21 Å². The lowest BCUT2D eigenvalue weighted by molar-refractivity contribution is 0.477.